The molecule has 198 valence electrons. The van der Waals surface area contributed by atoms with Crippen LogP contribution in [0.4, 0.5) is 0 Å². The lowest BCUT2D eigenvalue weighted by Gasteiger charge is -2.20. The molecule has 0 spiro atoms. The number of rotatable bonds is 5. The van der Waals surface area contributed by atoms with Crippen LogP contribution in [0.3, 0.4) is 0 Å². The first-order chi connectivity index (χ1) is 20.8. The lowest BCUT2D eigenvalue weighted by molar-refractivity contribution is 1.73. The Kier molecular flexibility index (Phi) is 6.53. The van der Waals surface area contributed by atoms with Crippen LogP contribution in [0.15, 0.2) is 158 Å². The van der Waals surface area contributed by atoms with E-state index in [4.69, 9.17) is 0 Å². The van der Waals surface area contributed by atoms with Crippen molar-refractivity contribution in [2.24, 2.45) is 0 Å². The van der Waals surface area contributed by atoms with Gasteiger partial charge in [0.15, 0.2) is 0 Å². The Morgan fingerprint density at radius 1 is 0.238 bits per heavy atom. The lowest BCUT2D eigenvalue weighted by Crippen LogP contribution is -2.14. The quantitative estimate of drug-likeness (QED) is 0.181. The van der Waals surface area contributed by atoms with Crippen molar-refractivity contribution < 1.29 is 0 Å². The molecule has 0 heterocycles. The van der Waals surface area contributed by atoms with Crippen molar-refractivity contribution in [1.82, 2.24) is 0 Å². The summed E-state index contributed by atoms with van der Waals surface area (Å²) in [6.07, 6.45) is 0. The molecular weight excluding hydrogens is 542 g/mol. The average molecular weight is 571 g/mol. The molecule has 8 aromatic rings. The van der Waals surface area contributed by atoms with Crippen LogP contribution in [-0.4, -0.2) is 0 Å². The zero-order valence-corrected chi connectivity index (χ0v) is 25.0. The Labute approximate surface area is 249 Å². The van der Waals surface area contributed by atoms with E-state index in [9.17, 15) is 0 Å². The zero-order valence-electron chi connectivity index (χ0n) is 23.0. The van der Waals surface area contributed by atoms with Gasteiger partial charge in [-0.1, -0.05) is 175 Å². The van der Waals surface area contributed by atoms with Gasteiger partial charge in [0.05, 0.1) is 0 Å². The zero-order chi connectivity index (χ0) is 27.9. The fourth-order valence-corrected chi connectivity index (χ4v) is 9.02. The standard InChI is InChI=1S/C40H28P2/c1-5-17-31-27(11-1)15-9-21-35(31)41-37-25-23-29-13-3-7-19-33(29)39(37)40-34-20-8-4-14-30(34)24-26-38(40)42-36-22-10-16-28-12-2-6-18-32(28)36/h1-26,41-42H. The van der Waals surface area contributed by atoms with Gasteiger partial charge < -0.3 is 0 Å². The summed E-state index contributed by atoms with van der Waals surface area (Å²) in [4.78, 5) is 0. The van der Waals surface area contributed by atoms with Crippen LogP contribution in [0.5, 0.6) is 0 Å². The molecule has 2 heteroatoms. The summed E-state index contributed by atoms with van der Waals surface area (Å²) in [6.45, 7) is 0. The molecule has 2 unspecified atom stereocenters. The predicted octanol–water partition coefficient (Wildman–Crippen LogP) is 9.22. The van der Waals surface area contributed by atoms with Gasteiger partial charge in [-0.3, -0.25) is 0 Å². The van der Waals surface area contributed by atoms with Crippen molar-refractivity contribution in [2.45, 2.75) is 0 Å². The third-order valence-electron chi connectivity index (χ3n) is 8.23. The lowest BCUT2D eigenvalue weighted by atomic mass is 9.93. The van der Waals surface area contributed by atoms with E-state index in [2.05, 4.69) is 158 Å². The summed E-state index contributed by atoms with van der Waals surface area (Å²) in [5.41, 5.74) is 2.75. The summed E-state index contributed by atoms with van der Waals surface area (Å²) in [6, 6.07) is 58.2. The number of hydrogen-bond donors (Lipinski definition) is 0. The van der Waals surface area contributed by atoms with E-state index in [0.717, 1.165) is 0 Å². The molecule has 0 bridgehead atoms. The van der Waals surface area contributed by atoms with Gasteiger partial charge in [-0.25, -0.2) is 0 Å². The number of hydrogen-bond acceptors (Lipinski definition) is 0. The highest BCUT2D eigenvalue weighted by atomic mass is 31.1. The smallest absolute Gasteiger partial charge is 0.00150 e. The van der Waals surface area contributed by atoms with Gasteiger partial charge in [-0.05, 0) is 75.4 Å². The second-order valence-corrected chi connectivity index (χ2v) is 13.4. The SMILES string of the molecule is c1ccc2c(Pc3ccc4ccccc4c3-c3c(Pc4cccc5ccccc45)ccc4ccccc34)cccc2c1. The van der Waals surface area contributed by atoms with Crippen molar-refractivity contribution in [3.8, 4) is 11.1 Å². The summed E-state index contributed by atoms with van der Waals surface area (Å²) >= 11 is 0. The van der Waals surface area contributed by atoms with E-state index in [0.29, 0.717) is 17.2 Å². The Balaban J connectivity index is 1.41. The van der Waals surface area contributed by atoms with Crippen LogP contribution in [0.25, 0.3) is 54.2 Å². The Morgan fingerprint density at radius 2 is 0.571 bits per heavy atom. The molecule has 0 radical (unpaired) electrons. The summed E-state index contributed by atoms with van der Waals surface area (Å²) in [5.74, 6) is 0. The van der Waals surface area contributed by atoms with Gasteiger partial charge in [0, 0.05) is 0 Å². The Hall–Kier alpha value is -4.34. The third-order valence-corrected chi connectivity index (χ3v) is 11.0. The van der Waals surface area contributed by atoms with Crippen LogP contribution in [0, 0.1) is 0 Å². The molecule has 0 saturated heterocycles. The van der Waals surface area contributed by atoms with Crippen LogP contribution in [0.2, 0.25) is 0 Å². The molecule has 42 heavy (non-hydrogen) atoms. The fraction of sp³-hybridized carbons (Fsp3) is 0. The van der Waals surface area contributed by atoms with Gasteiger partial charge in [-0.2, -0.15) is 0 Å². The molecule has 0 aliphatic carbocycles. The number of benzene rings is 8. The minimum atomic E-state index is 0.541. The molecule has 2 atom stereocenters. The summed E-state index contributed by atoms with van der Waals surface area (Å²) in [5, 5.41) is 16.1. The third kappa shape index (κ3) is 4.49. The molecule has 0 aliphatic heterocycles. The molecule has 0 saturated carbocycles. The predicted molar refractivity (Wildman–Crippen MR) is 190 cm³/mol. The highest BCUT2D eigenvalue weighted by Crippen LogP contribution is 2.38. The maximum atomic E-state index is 2.38. The molecule has 0 aromatic heterocycles. The molecule has 0 fully saturated rings. The van der Waals surface area contributed by atoms with E-state index >= 15 is 0 Å². The molecule has 0 nitrogen and oxygen atoms in total. The summed E-state index contributed by atoms with van der Waals surface area (Å²) in [7, 11) is 1.08. The van der Waals surface area contributed by atoms with Crippen molar-refractivity contribution in [3.63, 3.8) is 0 Å². The average Bonchev–Trinajstić information content (AvgIpc) is 3.05. The minimum Gasteiger partial charge on any atom is -0.0616 e. The van der Waals surface area contributed by atoms with Gasteiger partial charge in [0.1, 0.15) is 0 Å². The van der Waals surface area contributed by atoms with Crippen molar-refractivity contribution in [2.75, 3.05) is 0 Å². The van der Waals surface area contributed by atoms with E-state index in [1.807, 2.05) is 0 Å². The highest BCUT2D eigenvalue weighted by Gasteiger charge is 2.19. The largest absolute Gasteiger partial charge is 0.0616 e. The van der Waals surface area contributed by atoms with Gasteiger partial charge in [-0.15, -0.1) is 0 Å². The molecular formula is C40H28P2. The maximum Gasteiger partial charge on any atom is -0.00150 e. The second-order valence-electron chi connectivity index (χ2n) is 10.7. The van der Waals surface area contributed by atoms with Gasteiger partial charge >= 0.3 is 0 Å². The summed E-state index contributed by atoms with van der Waals surface area (Å²) < 4.78 is 0. The molecule has 8 aromatic carbocycles. The van der Waals surface area contributed by atoms with E-state index in [-0.39, 0.29) is 0 Å². The molecule has 0 aliphatic rings. The van der Waals surface area contributed by atoms with Gasteiger partial charge in [0.2, 0.25) is 0 Å². The van der Waals surface area contributed by atoms with E-state index in [1.54, 1.807) is 0 Å². The Morgan fingerprint density at radius 3 is 1.00 bits per heavy atom. The van der Waals surface area contributed by atoms with Crippen LogP contribution < -0.4 is 21.2 Å². The second kappa shape index (κ2) is 10.8. The first-order valence-corrected chi connectivity index (χ1v) is 16.4. The van der Waals surface area contributed by atoms with Gasteiger partial charge in [0.25, 0.3) is 0 Å². The number of fused-ring (bicyclic) bond motifs is 4. The monoisotopic (exact) mass is 570 g/mol. The molecule has 0 N–H and O–H groups in total. The highest BCUT2D eigenvalue weighted by molar-refractivity contribution is 7.57. The van der Waals surface area contributed by atoms with Crippen LogP contribution in [-0.2, 0) is 0 Å². The fourth-order valence-electron chi connectivity index (χ4n) is 6.25. The van der Waals surface area contributed by atoms with Crippen molar-refractivity contribution in [1.29, 1.82) is 0 Å². The normalized spacial score (nSPS) is 12.1. The Bertz CT molecular complexity index is 2090. The maximum absolute atomic E-state index is 2.38. The van der Waals surface area contributed by atoms with E-state index in [1.165, 1.54) is 75.4 Å². The first-order valence-electron chi connectivity index (χ1n) is 14.4. The van der Waals surface area contributed by atoms with Crippen molar-refractivity contribution in [3.05, 3.63) is 158 Å². The molecule has 0 amide bonds. The van der Waals surface area contributed by atoms with Crippen LogP contribution in [0.1, 0.15) is 0 Å². The minimum absolute atomic E-state index is 0.541. The first kappa shape index (κ1) is 25.4. The van der Waals surface area contributed by atoms with Crippen LogP contribution >= 0.6 is 17.2 Å². The molecule has 8 rings (SSSR count). The van der Waals surface area contributed by atoms with Crippen molar-refractivity contribution >= 4 is 81.5 Å². The topological polar surface area (TPSA) is 0 Å². The van der Waals surface area contributed by atoms with E-state index < -0.39 is 0 Å².